The molecule has 0 amide bonds. The van der Waals surface area contributed by atoms with Gasteiger partial charge in [-0.25, -0.2) is 4.98 Å². The second kappa shape index (κ2) is 6.06. The van der Waals surface area contributed by atoms with E-state index < -0.39 is 0 Å². The van der Waals surface area contributed by atoms with Crippen LogP contribution in [0.3, 0.4) is 0 Å². The van der Waals surface area contributed by atoms with Gasteiger partial charge in [0, 0.05) is 16.4 Å². The van der Waals surface area contributed by atoms with Crippen LogP contribution in [0, 0.1) is 6.92 Å². The third kappa shape index (κ3) is 3.96. The standard InChI is InChI=1S/C15H17BrN2O/c1-10(2)19-14-6-4-13(5-7-14)18-15-11(3)8-12(16)9-17-15/h4-10H,1-3H3,(H,17,18). The Morgan fingerprint density at radius 3 is 2.47 bits per heavy atom. The lowest BCUT2D eigenvalue weighted by Crippen LogP contribution is -2.05. The maximum atomic E-state index is 5.61. The van der Waals surface area contributed by atoms with E-state index in [2.05, 4.69) is 26.2 Å². The Kier molecular flexibility index (Phi) is 4.43. The lowest BCUT2D eigenvalue weighted by molar-refractivity contribution is 0.242. The van der Waals surface area contributed by atoms with Crippen LogP contribution in [-0.4, -0.2) is 11.1 Å². The number of halogens is 1. The summed E-state index contributed by atoms with van der Waals surface area (Å²) < 4.78 is 6.59. The van der Waals surface area contributed by atoms with Crippen LogP contribution in [0.5, 0.6) is 5.75 Å². The number of hydrogen-bond donors (Lipinski definition) is 1. The first kappa shape index (κ1) is 13.9. The summed E-state index contributed by atoms with van der Waals surface area (Å²) in [6, 6.07) is 9.92. The monoisotopic (exact) mass is 320 g/mol. The first-order chi connectivity index (χ1) is 9.04. The minimum Gasteiger partial charge on any atom is -0.491 e. The van der Waals surface area contributed by atoms with Gasteiger partial charge < -0.3 is 10.1 Å². The predicted octanol–water partition coefficient (Wildman–Crippen LogP) is 4.68. The summed E-state index contributed by atoms with van der Waals surface area (Å²) in [7, 11) is 0. The van der Waals surface area contributed by atoms with Crippen LogP contribution in [0.1, 0.15) is 19.4 Å². The quantitative estimate of drug-likeness (QED) is 0.887. The summed E-state index contributed by atoms with van der Waals surface area (Å²) in [6.45, 7) is 6.05. The number of anilines is 2. The van der Waals surface area contributed by atoms with Gasteiger partial charge in [-0.15, -0.1) is 0 Å². The topological polar surface area (TPSA) is 34.2 Å². The van der Waals surface area contributed by atoms with Gasteiger partial charge in [0.05, 0.1) is 6.10 Å². The lowest BCUT2D eigenvalue weighted by atomic mass is 10.2. The summed E-state index contributed by atoms with van der Waals surface area (Å²) in [4.78, 5) is 4.35. The second-order valence-electron chi connectivity index (χ2n) is 4.64. The smallest absolute Gasteiger partial charge is 0.133 e. The van der Waals surface area contributed by atoms with Crippen LogP contribution < -0.4 is 10.1 Å². The number of nitrogens with one attached hydrogen (secondary N) is 1. The van der Waals surface area contributed by atoms with Crippen molar-refractivity contribution in [3.05, 3.63) is 46.6 Å². The molecule has 2 aromatic rings. The highest BCUT2D eigenvalue weighted by Crippen LogP contribution is 2.23. The van der Waals surface area contributed by atoms with E-state index >= 15 is 0 Å². The van der Waals surface area contributed by atoms with Crippen LogP contribution in [0.25, 0.3) is 0 Å². The van der Waals surface area contributed by atoms with Gasteiger partial charge in [0.2, 0.25) is 0 Å². The van der Waals surface area contributed by atoms with Crippen LogP contribution >= 0.6 is 15.9 Å². The van der Waals surface area contributed by atoms with Gasteiger partial charge in [-0.3, -0.25) is 0 Å². The third-order valence-electron chi connectivity index (χ3n) is 2.53. The minimum absolute atomic E-state index is 0.189. The zero-order valence-corrected chi connectivity index (χ0v) is 12.9. The van der Waals surface area contributed by atoms with Crippen molar-refractivity contribution in [2.24, 2.45) is 0 Å². The number of hydrogen-bond acceptors (Lipinski definition) is 3. The van der Waals surface area contributed by atoms with Crippen molar-refractivity contribution in [3.8, 4) is 5.75 Å². The van der Waals surface area contributed by atoms with Gasteiger partial charge in [-0.1, -0.05) is 0 Å². The molecule has 0 aliphatic rings. The van der Waals surface area contributed by atoms with Crippen molar-refractivity contribution in [3.63, 3.8) is 0 Å². The van der Waals surface area contributed by atoms with E-state index in [4.69, 9.17) is 4.74 Å². The van der Waals surface area contributed by atoms with Crippen molar-refractivity contribution in [2.45, 2.75) is 26.9 Å². The molecule has 0 radical (unpaired) electrons. The summed E-state index contributed by atoms with van der Waals surface area (Å²) in [5, 5.41) is 3.29. The average molecular weight is 321 g/mol. The largest absolute Gasteiger partial charge is 0.491 e. The molecule has 2 rings (SSSR count). The number of aromatic nitrogens is 1. The molecule has 1 aromatic carbocycles. The number of rotatable bonds is 4. The van der Waals surface area contributed by atoms with Gasteiger partial charge in [0.1, 0.15) is 11.6 Å². The van der Waals surface area contributed by atoms with Gasteiger partial charge in [-0.2, -0.15) is 0 Å². The Bertz CT molecular complexity index is 553. The highest BCUT2D eigenvalue weighted by atomic mass is 79.9. The molecule has 1 aromatic heterocycles. The maximum absolute atomic E-state index is 5.61. The molecule has 100 valence electrons. The van der Waals surface area contributed by atoms with Crippen molar-refractivity contribution in [1.82, 2.24) is 4.98 Å². The fourth-order valence-corrected chi connectivity index (χ4v) is 2.14. The van der Waals surface area contributed by atoms with Gasteiger partial charge in [-0.05, 0) is 72.6 Å². The highest BCUT2D eigenvalue weighted by Gasteiger charge is 2.02. The molecule has 0 bridgehead atoms. The molecule has 0 spiro atoms. The second-order valence-corrected chi connectivity index (χ2v) is 5.55. The molecule has 0 aliphatic carbocycles. The molecule has 19 heavy (non-hydrogen) atoms. The number of pyridine rings is 1. The molecule has 1 heterocycles. The average Bonchev–Trinajstić information content (AvgIpc) is 2.34. The van der Waals surface area contributed by atoms with E-state index in [1.165, 1.54) is 0 Å². The summed E-state index contributed by atoms with van der Waals surface area (Å²) in [5.41, 5.74) is 2.09. The highest BCUT2D eigenvalue weighted by molar-refractivity contribution is 9.10. The Hall–Kier alpha value is -1.55. The van der Waals surface area contributed by atoms with Crippen molar-refractivity contribution >= 4 is 27.4 Å². The van der Waals surface area contributed by atoms with Gasteiger partial charge in [0.25, 0.3) is 0 Å². The minimum atomic E-state index is 0.189. The maximum Gasteiger partial charge on any atom is 0.133 e. The molecule has 0 fully saturated rings. The molecule has 0 unspecified atom stereocenters. The Labute approximate surface area is 122 Å². The zero-order valence-electron chi connectivity index (χ0n) is 11.3. The third-order valence-corrected chi connectivity index (χ3v) is 2.97. The molecule has 0 saturated carbocycles. The van der Waals surface area contributed by atoms with E-state index in [1.54, 1.807) is 6.20 Å². The van der Waals surface area contributed by atoms with Crippen LogP contribution in [0.4, 0.5) is 11.5 Å². The van der Waals surface area contributed by atoms with Crippen molar-refractivity contribution < 1.29 is 4.74 Å². The number of nitrogens with zero attached hydrogens (tertiary/aromatic N) is 1. The molecular formula is C15H17BrN2O. The molecule has 3 nitrogen and oxygen atoms in total. The lowest BCUT2D eigenvalue weighted by Gasteiger charge is -2.11. The zero-order chi connectivity index (χ0) is 13.8. The fraction of sp³-hybridized carbons (Fsp3) is 0.267. The summed E-state index contributed by atoms with van der Waals surface area (Å²) >= 11 is 3.41. The Morgan fingerprint density at radius 2 is 1.89 bits per heavy atom. The van der Waals surface area contributed by atoms with E-state index in [0.717, 1.165) is 27.3 Å². The molecule has 0 atom stereocenters. The van der Waals surface area contributed by atoms with E-state index in [0.29, 0.717) is 0 Å². The number of aryl methyl sites for hydroxylation is 1. The van der Waals surface area contributed by atoms with Crippen molar-refractivity contribution in [2.75, 3.05) is 5.32 Å². The first-order valence-corrected chi connectivity index (χ1v) is 7.00. The summed E-state index contributed by atoms with van der Waals surface area (Å²) in [6.07, 6.45) is 1.97. The van der Waals surface area contributed by atoms with E-state index in [1.807, 2.05) is 51.1 Å². The summed E-state index contributed by atoms with van der Waals surface area (Å²) in [5.74, 6) is 1.74. The number of benzene rings is 1. The molecule has 1 N–H and O–H groups in total. The SMILES string of the molecule is Cc1cc(Br)cnc1Nc1ccc(OC(C)C)cc1. The number of ether oxygens (including phenoxy) is 1. The Balaban J connectivity index is 2.10. The van der Waals surface area contributed by atoms with Gasteiger partial charge in [0.15, 0.2) is 0 Å². The van der Waals surface area contributed by atoms with Crippen LogP contribution in [0.2, 0.25) is 0 Å². The molecule has 0 aliphatic heterocycles. The molecule has 4 heteroatoms. The van der Waals surface area contributed by atoms with Crippen LogP contribution in [-0.2, 0) is 0 Å². The van der Waals surface area contributed by atoms with E-state index in [9.17, 15) is 0 Å². The molecule has 0 saturated heterocycles. The molecular weight excluding hydrogens is 304 g/mol. The Morgan fingerprint density at radius 1 is 1.21 bits per heavy atom. The first-order valence-electron chi connectivity index (χ1n) is 6.20. The van der Waals surface area contributed by atoms with E-state index in [-0.39, 0.29) is 6.10 Å². The van der Waals surface area contributed by atoms with Gasteiger partial charge >= 0.3 is 0 Å². The van der Waals surface area contributed by atoms with Crippen LogP contribution in [0.15, 0.2) is 41.0 Å². The fourth-order valence-electron chi connectivity index (χ4n) is 1.70. The normalized spacial score (nSPS) is 10.6. The van der Waals surface area contributed by atoms with Crippen molar-refractivity contribution in [1.29, 1.82) is 0 Å². The predicted molar refractivity (Wildman–Crippen MR) is 82.2 cm³/mol.